The van der Waals surface area contributed by atoms with Crippen molar-refractivity contribution in [1.82, 2.24) is 4.72 Å². The minimum atomic E-state index is -3.50. The molecule has 1 rings (SSSR count). The maximum absolute atomic E-state index is 11.7. The second-order valence-electron chi connectivity index (χ2n) is 4.90. The molecular formula is C10H22N2O4S2. The summed E-state index contributed by atoms with van der Waals surface area (Å²) in [5.74, 6) is 0.205. The lowest BCUT2D eigenvalue weighted by Gasteiger charge is -2.21. The molecule has 0 radical (unpaired) electrons. The smallest absolute Gasteiger partial charge is 0.211 e. The maximum atomic E-state index is 11.7. The van der Waals surface area contributed by atoms with Crippen LogP contribution in [0, 0.1) is 5.92 Å². The molecule has 0 heterocycles. The van der Waals surface area contributed by atoms with Crippen LogP contribution in [0.1, 0.15) is 38.5 Å². The van der Waals surface area contributed by atoms with E-state index in [-0.39, 0.29) is 30.4 Å². The Balaban J connectivity index is 2.26. The standard InChI is InChI=1S/C10H22N2O4S2/c11-17(13,14)8-4-7-12-18(15,16)9-10-5-2-1-3-6-10/h10,12H,1-9H2,(H2,11,13,14). The third-order valence-electron chi connectivity index (χ3n) is 3.11. The van der Waals surface area contributed by atoms with E-state index < -0.39 is 20.0 Å². The van der Waals surface area contributed by atoms with Crippen molar-refractivity contribution in [2.75, 3.05) is 18.1 Å². The largest absolute Gasteiger partial charge is 0.229 e. The summed E-state index contributed by atoms with van der Waals surface area (Å²) in [4.78, 5) is 0. The predicted octanol–water partition coefficient (Wildman–Crippen LogP) is 0.165. The first-order valence-electron chi connectivity index (χ1n) is 6.26. The van der Waals surface area contributed by atoms with Gasteiger partial charge in [-0.25, -0.2) is 26.7 Å². The van der Waals surface area contributed by atoms with Crippen molar-refractivity contribution in [1.29, 1.82) is 0 Å². The number of hydrogen-bond donors (Lipinski definition) is 2. The number of hydrogen-bond acceptors (Lipinski definition) is 4. The van der Waals surface area contributed by atoms with Gasteiger partial charge < -0.3 is 0 Å². The Labute approximate surface area is 109 Å². The number of nitrogens with two attached hydrogens (primary N) is 1. The Hall–Kier alpha value is -0.180. The zero-order chi connectivity index (χ0) is 13.6. The minimum absolute atomic E-state index is 0.130. The second kappa shape index (κ2) is 6.83. The van der Waals surface area contributed by atoms with Crippen LogP contribution in [-0.2, 0) is 20.0 Å². The molecule has 0 spiro atoms. The predicted molar refractivity (Wildman–Crippen MR) is 71.0 cm³/mol. The summed E-state index contributed by atoms with van der Waals surface area (Å²) in [7, 11) is -6.79. The van der Waals surface area contributed by atoms with Crippen LogP contribution in [0.15, 0.2) is 0 Å². The van der Waals surface area contributed by atoms with Crippen molar-refractivity contribution in [3.05, 3.63) is 0 Å². The molecule has 0 bridgehead atoms. The first kappa shape index (κ1) is 15.9. The zero-order valence-electron chi connectivity index (χ0n) is 10.5. The Kier molecular flexibility index (Phi) is 6.03. The Bertz CT molecular complexity index is 438. The Morgan fingerprint density at radius 1 is 1.06 bits per heavy atom. The summed E-state index contributed by atoms with van der Waals surface area (Å²) in [6, 6.07) is 0. The fourth-order valence-corrected chi connectivity index (χ4v) is 4.30. The van der Waals surface area contributed by atoms with Crippen molar-refractivity contribution in [3.8, 4) is 0 Å². The maximum Gasteiger partial charge on any atom is 0.211 e. The van der Waals surface area contributed by atoms with Crippen LogP contribution in [-0.4, -0.2) is 34.9 Å². The molecule has 0 amide bonds. The summed E-state index contributed by atoms with van der Waals surface area (Å²) < 4.78 is 47.2. The Morgan fingerprint density at radius 2 is 1.67 bits per heavy atom. The quantitative estimate of drug-likeness (QED) is 0.653. The van der Waals surface area contributed by atoms with Crippen LogP contribution in [0.3, 0.4) is 0 Å². The van der Waals surface area contributed by atoms with Crippen LogP contribution < -0.4 is 9.86 Å². The monoisotopic (exact) mass is 298 g/mol. The van der Waals surface area contributed by atoms with Gasteiger partial charge >= 0.3 is 0 Å². The van der Waals surface area contributed by atoms with E-state index in [4.69, 9.17) is 5.14 Å². The topological polar surface area (TPSA) is 106 Å². The van der Waals surface area contributed by atoms with E-state index in [1.165, 1.54) is 6.42 Å². The highest BCUT2D eigenvalue weighted by Gasteiger charge is 2.20. The molecule has 1 saturated carbocycles. The molecule has 0 aromatic rings. The SMILES string of the molecule is NS(=O)(=O)CCCNS(=O)(=O)CC1CCCCC1. The lowest BCUT2D eigenvalue weighted by Crippen LogP contribution is -2.32. The molecule has 108 valence electrons. The zero-order valence-corrected chi connectivity index (χ0v) is 12.1. The van der Waals surface area contributed by atoms with Gasteiger partial charge in [-0.2, -0.15) is 0 Å². The first-order valence-corrected chi connectivity index (χ1v) is 9.63. The molecule has 1 aliphatic carbocycles. The molecule has 3 N–H and O–H groups in total. The highest BCUT2D eigenvalue weighted by atomic mass is 32.2. The van der Waals surface area contributed by atoms with Gasteiger partial charge in [-0.3, -0.25) is 0 Å². The average molecular weight is 298 g/mol. The van der Waals surface area contributed by atoms with Crippen LogP contribution in [0.2, 0.25) is 0 Å². The molecule has 0 unspecified atom stereocenters. The van der Waals surface area contributed by atoms with Gasteiger partial charge in [-0.05, 0) is 25.2 Å². The van der Waals surface area contributed by atoms with Gasteiger partial charge in [0, 0.05) is 6.54 Å². The molecule has 0 atom stereocenters. The highest BCUT2D eigenvalue weighted by Crippen LogP contribution is 2.24. The van der Waals surface area contributed by atoms with E-state index in [0.29, 0.717) is 0 Å². The van der Waals surface area contributed by atoms with Crippen molar-refractivity contribution in [2.45, 2.75) is 38.5 Å². The van der Waals surface area contributed by atoms with E-state index in [0.717, 1.165) is 25.7 Å². The lowest BCUT2D eigenvalue weighted by molar-refractivity contribution is 0.384. The van der Waals surface area contributed by atoms with Crippen molar-refractivity contribution in [3.63, 3.8) is 0 Å². The van der Waals surface area contributed by atoms with E-state index >= 15 is 0 Å². The van der Waals surface area contributed by atoms with E-state index in [1.54, 1.807) is 0 Å². The van der Waals surface area contributed by atoms with Crippen molar-refractivity contribution < 1.29 is 16.8 Å². The molecular weight excluding hydrogens is 276 g/mol. The lowest BCUT2D eigenvalue weighted by atomic mass is 9.91. The molecule has 6 nitrogen and oxygen atoms in total. The number of rotatable bonds is 7. The van der Waals surface area contributed by atoms with E-state index in [9.17, 15) is 16.8 Å². The second-order valence-corrected chi connectivity index (χ2v) is 8.49. The Morgan fingerprint density at radius 3 is 2.22 bits per heavy atom. The fourth-order valence-electron chi connectivity index (χ4n) is 2.22. The molecule has 8 heteroatoms. The molecule has 0 aliphatic heterocycles. The minimum Gasteiger partial charge on any atom is -0.229 e. The van der Waals surface area contributed by atoms with Crippen LogP contribution in [0.4, 0.5) is 0 Å². The van der Waals surface area contributed by atoms with Gasteiger partial charge in [0.15, 0.2) is 0 Å². The molecule has 0 aromatic carbocycles. The summed E-state index contributed by atoms with van der Waals surface area (Å²) in [5.41, 5.74) is 0. The summed E-state index contributed by atoms with van der Waals surface area (Å²) in [6.45, 7) is 0.130. The molecule has 0 saturated heterocycles. The first-order chi connectivity index (χ1) is 8.29. The summed E-state index contributed by atoms with van der Waals surface area (Å²) >= 11 is 0. The van der Waals surface area contributed by atoms with Crippen molar-refractivity contribution >= 4 is 20.0 Å². The summed E-state index contributed by atoms with van der Waals surface area (Å²) in [5, 5.41) is 4.83. The van der Waals surface area contributed by atoms with Gasteiger partial charge in [0.05, 0.1) is 11.5 Å². The van der Waals surface area contributed by atoms with Crippen molar-refractivity contribution in [2.24, 2.45) is 11.1 Å². The van der Waals surface area contributed by atoms with Crippen LogP contribution >= 0.6 is 0 Å². The fraction of sp³-hybridized carbons (Fsp3) is 1.00. The van der Waals surface area contributed by atoms with Crippen LogP contribution in [0.5, 0.6) is 0 Å². The highest BCUT2D eigenvalue weighted by molar-refractivity contribution is 7.89. The molecule has 1 aliphatic rings. The normalized spacial score (nSPS) is 18.9. The molecule has 18 heavy (non-hydrogen) atoms. The van der Waals surface area contributed by atoms with Gasteiger partial charge in [0.1, 0.15) is 0 Å². The third-order valence-corrected chi connectivity index (χ3v) is 5.52. The average Bonchev–Trinajstić information content (AvgIpc) is 2.24. The van der Waals surface area contributed by atoms with Gasteiger partial charge in [-0.1, -0.05) is 19.3 Å². The summed E-state index contributed by atoms with van der Waals surface area (Å²) in [6.07, 6.45) is 5.55. The number of nitrogens with one attached hydrogen (secondary N) is 1. The third kappa shape index (κ3) is 7.30. The molecule has 1 fully saturated rings. The van der Waals surface area contributed by atoms with Gasteiger partial charge in [-0.15, -0.1) is 0 Å². The molecule has 0 aromatic heterocycles. The van der Waals surface area contributed by atoms with Gasteiger partial charge in [0.25, 0.3) is 0 Å². The van der Waals surface area contributed by atoms with Crippen LogP contribution in [0.25, 0.3) is 0 Å². The number of primary sulfonamides is 1. The number of sulfonamides is 2. The van der Waals surface area contributed by atoms with Gasteiger partial charge in [0.2, 0.25) is 20.0 Å². The van der Waals surface area contributed by atoms with E-state index in [2.05, 4.69) is 4.72 Å². The van der Waals surface area contributed by atoms with E-state index in [1.807, 2.05) is 0 Å².